The van der Waals surface area contributed by atoms with Crippen molar-refractivity contribution >= 4 is 21.6 Å². The summed E-state index contributed by atoms with van der Waals surface area (Å²) < 4.78 is 41.5. The van der Waals surface area contributed by atoms with Crippen LogP contribution in [0, 0.1) is 5.82 Å². The summed E-state index contributed by atoms with van der Waals surface area (Å²) in [5.74, 6) is -0.662. The lowest BCUT2D eigenvalue weighted by molar-refractivity contribution is 0.0749. The third kappa shape index (κ3) is 2.57. The minimum atomic E-state index is -3.83. The molecule has 6 nitrogen and oxygen atoms in total. The zero-order valence-electron chi connectivity index (χ0n) is 11.8. The molecule has 0 unspecified atom stereocenters. The fourth-order valence-corrected chi connectivity index (χ4v) is 3.38. The van der Waals surface area contributed by atoms with Gasteiger partial charge in [0, 0.05) is 32.0 Å². The van der Waals surface area contributed by atoms with Crippen LogP contribution in [-0.2, 0) is 16.6 Å². The van der Waals surface area contributed by atoms with Crippen LogP contribution in [0.3, 0.4) is 0 Å². The molecule has 116 valence electrons. The smallest absolute Gasteiger partial charge is 0.270 e. The third-order valence-corrected chi connectivity index (χ3v) is 4.87. The van der Waals surface area contributed by atoms with E-state index in [-0.39, 0.29) is 16.5 Å². The lowest BCUT2D eigenvalue weighted by Crippen LogP contribution is -2.36. The molecule has 0 aliphatic carbocycles. The lowest BCUT2D eigenvalue weighted by atomic mass is 10.3. The maximum Gasteiger partial charge on any atom is 0.270 e. The number of carbonyl (C=O) groups is 1. The number of amides is 1. The van der Waals surface area contributed by atoms with Crippen molar-refractivity contribution < 1.29 is 17.6 Å². The van der Waals surface area contributed by atoms with E-state index in [1.807, 2.05) is 0 Å². The quantitative estimate of drug-likeness (QED) is 0.931. The van der Waals surface area contributed by atoms with Crippen LogP contribution in [0.1, 0.15) is 10.5 Å². The molecule has 2 heterocycles. The molecule has 0 radical (unpaired) electrons. The van der Waals surface area contributed by atoms with Gasteiger partial charge in [0.1, 0.15) is 16.4 Å². The molecule has 8 heteroatoms. The summed E-state index contributed by atoms with van der Waals surface area (Å²) in [6.45, 7) is 1.08. The van der Waals surface area contributed by atoms with Crippen LogP contribution in [0.2, 0.25) is 0 Å². The van der Waals surface area contributed by atoms with Crippen molar-refractivity contribution in [3.05, 3.63) is 48.0 Å². The number of likely N-dealkylation sites (N-methyl/N-ethyl adjacent to an activating group) is 1. The van der Waals surface area contributed by atoms with Crippen molar-refractivity contribution in [2.24, 2.45) is 0 Å². The summed E-state index contributed by atoms with van der Waals surface area (Å²) in [7, 11) is -2.15. The van der Waals surface area contributed by atoms with Crippen molar-refractivity contribution in [2.75, 3.05) is 18.3 Å². The number of benzene rings is 1. The van der Waals surface area contributed by atoms with Crippen molar-refractivity contribution in [1.82, 2.24) is 9.47 Å². The Labute approximate surface area is 127 Å². The first-order valence-corrected chi connectivity index (χ1v) is 8.09. The molecule has 0 bridgehead atoms. The Bertz CT molecular complexity index is 828. The van der Waals surface area contributed by atoms with E-state index in [0.29, 0.717) is 18.8 Å². The minimum absolute atomic E-state index is 0.00970. The number of nitrogens with zero attached hydrogens (tertiary/aromatic N) is 2. The molecule has 1 amide bonds. The monoisotopic (exact) mass is 323 g/mol. The zero-order chi connectivity index (χ0) is 15.9. The van der Waals surface area contributed by atoms with E-state index in [4.69, 9.17) is 0 Å². The van der Waals surface area contributed by atoms with E-state index in [0.717, 1.165) is 0 Å². The number of carbonyl (C=O) groups excluding carboxylic acids is 1. The van der Waals surface area contributed by atoms with Crippen molar-refractivity contribution in [1.29, 1.82) is 0 Å². The fourth-order valence-electron chi connectivity index (χ4n) is 2.28. The summed E-state index contributed by atoms with van der Waals surface area (Å²) in [4.78, 5) is 13.6. The molecule has 0 fully saturated rings. The molecule has 22 heavy (non-hydrogen) atoms. The van der Waals surface area contributed by atoms with Crippen LogP contribution in [0.15, 0.2) is 41.4 Å². The lowest BCUT2D eigenvalue weighted by Gasteiger charge is -2.23. The van der Waals surface area contributed by atoms with E-state index in [2.05, 4.69) is 4.72 Å². The Balaban J connectivity index is 1.92. The number of fused-ring (bicyclic) bond motifs is 1. The van der Waals surface area contributed by atoms with Crippen molar-refractivity contribution in [3.63, 3.8) is 0 Å². The summed E-state index contributed by atoms with van der Waals surface area (Å²) in [5, 5.41) is 0. The molecular formula is C14H14FN3O3S. The van der Waals surface area contributed by atoms with Crippen LogP contribution in [0.5, 0.6) is 0 Å². The normalized spacial score (nSPS) is 14.8. The van der Waals surface area contributed by atoms with Gasteiger partial charge in [0.05, 0.1) is 0 Å². The second-order valence-corrected chi connectivity index (χ2v) is 6.78. The van der Waals surface area contributed by atoms with Crippen LogP contribution in [0.4, 0.5) is 10.1 Å². The van der Waals surface area contributed by atoms with Crippen molar-refractivity contribution in [2.45, 2.75) is 11.4 Å². The number of hydrogen-bond donors (Lipinski definition) is 1. The van der Waals surface area contributed by atoms with E-state index in [1.54, 1.807) is 16.5 Å². The maximum atomic E-state index is 12.9. The van der Waals surface area contributed by atoms with E-state index < -0.39 is 15.8 Å². The van der Waals surface area contributed by atoms with Gasteiger partial charge in [0.15, 0.2) is 0 Å². The number of halogens is 1. The molecule has 1 N–H and O–H groups in total. The highest BCUT2D eigenvalue weighted by molar-refractivity contribution is 7.92. The maximum absolute atomic E-state index is 12.9. The highest BCUT2D eigenvalue weighted by Crippen LogP contribution is 2.21. The van der Waals surface area contributed by atoms with Crippen LogP contribution in [0.25, 0.3) is 0 Å². The Morgan fingerprint density at radius 2 is 1.86 bits per heavy atom. The van der Waals surface area contributed by atoms with Gasteiger partial charge >= 0.3 is 0 Å². The standard InChI is InChI=1S/C14H14FN3O3S/c1-17-6-7-18-9-12(8-13(18)14(17)19)22(20,21)16-11-4-2-10(15)3-5-11/h2-5,8-9,16H,6-7H2,1H3. The Kier molecular flexibility index (Phi) is 3.40. The molecule has 1 aliphatic heterocycles. The third-order valence-electron chi connectivity index (χ3n) is 3.52. The molecule has 0 saturated carbocycles. The van der Waals surface area contributed by atoms with Gasteiger partial charge < -0.3 is 9.47 Å². The second-order valence-electron chi connectivity index (χ2n) is 5.09. The average molecular weight is 323 g/mol. The number of sulfonamides is 1. The number of anilines is 1. The molecule has 1 aliphatic rings. The predicted molar refractivity (Wildman–Crippen MR) is 78.6 cm³/mol. The summed E-state index contributed by atoms with van der Waals surface area (Å²) in [6, 6.07) is 6.36. The Morgan fingerprint density at radius 1 is 1.18 bits per heavy atom. The van der Waals surface area contributed by atoms with Gasteiger partial charge in [-0.3, -0.25) is 9.52 Å². The number of nitrogens with one attached hydrogen (secondary N) is 1. The Hall–Kier alpha value is -2.35. The molecule has 2 aromatic rings. The molecule has 3 rings (SSSR count). The Morgan fingerprint density at radius 3 is 2.55 bits per heavy atom. The molecular weight excluding hydrogens is 309 g/mol. The van der Waals surface area contributed by atoms with E-state index in [9.17, 15) is 17.6 Å². The SMILES string of the molecule is CN1CCn2cc(S(=O)(=O)Nc3ccc(F)cc3)cc2C1=O. The highest BCUT2D eigenvalue weighted by Gasteiger charge is 2.26. The first-order chi connectivity index (χ1) is 10.4. The molecule has 1 aromatic carbocycles. The second kappa shape index (κ2) is 5.13. The van der Waals surface area contributed by atoms with Crippen molar-refractivity contribution in [3.8, 4) is 0 Å². The predicted octanol–water partition coefficient (Wildman–Crippen LogP) is 1.51. The van der Waals surface area contributed by atoms with Gasteiger partial charge in [-0.2, -0.15) is 0 Å². The summed E-state index contributed by atoms with van der Waals surface area (Å²) >= 11 is 0. The van der Waals surface area contributed by atoms with Crippen LogP contribution in [-0.4, -0.2) is 37.4 Å². The van der Waals surface area contributed by atoms with Gasteiger partial charge in [0.25, 0.3) is 15.9 Å². The van der Waals surface area contributed by atoms with Crippen LogP contribution < -0.4 is 4.72 Å². The summed E-state index contributed by atoms with van der Waals surface area (Å²) in [6.07, 6.45) is 1.44. The molecule has 0 spiro atoms. The highest BCUT2D eigenvalue weighted by atomic mass is 32.2. The zero-order valence-corrected chi connectivity index (χ0v) is 12.6. The minimum Gasteiger partial charge on any atom is -0.340 e. The molecule has 0 saturated heterocycles. The number of hydrogen-bond acceptors (Lipinski definition) is 3. The number of aromatic nitrogens is 1. The summed E-state index contributed by atoms with van der Waals surface area (Å²) in [5.41, 5.74) is 0.599. The van der Waals surface area contributed by atoms with Gasteiger partial charge in [-0.1, -0.05) is 0 Å². The topological polar surface area (TPSA) is 71.4 Å². The first-order valence-electron chi connectivity index (χ1n) is 6.61. The fraction of sp³-hybridized carbons (Fsp3) is 0.214. The van der Waals surface area contributed by atoms with E-state index >= 15 is 0 Å². The van der Waals surface area contributed by atoms with Gasteiger partial charge in [-0.05, 0) is 30.3 Å². The van der Waals surface area contributed by atoms with Gasteiger partial charge in [-0.25, -0.2) is 12.8 Å². The van der Waals surface area contributed by atoms with E-state index in [1.165, 1.54) is 36.5 Å². The molecule has 1 aromatic heterocycles. The first kappa shape index (κ1) is 14.6. The number of rotatable bonds is 3. The largest absolute Gasteiger partial charge is 0.340 e. The average Bonchev–Trinajstić information content (AvgIpc) is 2.91. The molecule has 0 atom stereocenters. The van der Waals surface area contributed by atoms with Crippen LogP contribution >= 0.6 is 0 Å². The van der Waals surface area contributed by atoms with Gasteiger partial charge in [-0.15, -0.1) is 0 Å². The van der Waals surface area contributed by atoms with Gasteiger partial charge in [0.2, 0.25) is 0 Å².